The molecule has 5 nitrogen and oxygen atoms in total. The predicted molar refractivity (Wildman–Crippen MR) is 66.7 cm³/mol. The fourth-order valence-corrected chi connectivity index (χ4v) is 2.08. The SMILES string of the molecule is CCOC(=O)c1cc(CBr)c(Cl)cc1[N+](=O)[O-]. The largest absolute Gasteiger partial charge is 0.462 e. The van der Waals surface area contributed by atoms with Crippen LogP contribution < -0.4 is 0 Å². The second kappa shape index (κ2) is 5.97. The number of rotatable bonds is 4. The van der Waals surface area contributed by atoms with Crippen LogP contribution in [0.1, 0.15) is 22.8 Å². The van der Waals surface area contributed by atoms with Crippen LogP contribution in [0.25, 0.3) is 0 Å². The topological polar surface area (TPSA) is 69.4 Å². The zero-order valence-corrected chi connectivity index (χ0v) is 11.2. The average Bonchev–Trinajstić information content (AvgIpc) is 2.28. The molecule has 1 aromatic carbocycles. The van der Waals surface area contributed by atoms with Crippen molar-refractivity contribution in [1.82, 2.24) is 0 Å². The quantitative estimate of drug-likeness (QED) is 0.369. The third-order valence-corrected chi connectivity index (χ3v) is 2.96. The molecule has 0 saturated heterocycles. The van der Waals surface area contributed by atoms with Gasteiger partial charge >= 0.3 is 5.97 Å². The molecule has 0 N–H and O–H groups in total. The summed E-state index contributed by atoms with van der Waals surface area (Å²) in [5.41, 5.74) is 0.161. The van der Waals surface area contributed by atoms with Crippen molar-refractivity contribution >= 4 is 39.2 Å². The van der Waals surface area contributed by atoms with Crippen LogP contribution in [0, 0.1) is 10.1 Å². The summed E-state index contributed by atoms with van der Waals surface area (Å²) in [6, 6.07) is 2.53. The number of hydrogen-bond donors (Lipinski definition) is 0. The molecule has 0 radical (unpaired) electrons. The maximum Gasteiger partial charge on any atom is 0.345 e. The van der Waals surface area contributed by atoms with Gasteiger partial charge in [0.25, 0.3) is 5.69 Å². The second-order valence-electron chi connectivity index (χ2n) is 3.07. The van der Waals surface area contributed by atoms with E-state index in [0.717, 1.165) is 6.07 Å². The molecule has 0 aliphatic rings. The van der Waals surface area contributed by atoms with Crippen molar-refractivity contribution < 1.29 is 14.5 Å². The van der Waals surface area contributed by atoms with E-state index in [4.69, 9.17) is 16.3 Å². The third kappa shape index (κ3) is 3.17. The summed E-state index contributed by atoms with van der Waals surface area (Å²) in [5, 5.41) is 11.4. The second-order valence-corrected chi connectivity index (χ2v) is 4.04. The van der Waals surface area contributed by atoms with Gasteiger partial charge in [0, 0.05) is 11.4 Å². The van der Waals surface area contributed by atoms with Crippen LogP contribution in [-0.4, -0.2) is 17.5 Å². The summed E-state index contributed by atoms with van der Waals surface area (Å²) in [5.74, 6) is -0.724. The van der Waals surface area contributed by atoms with Gasteiger partial charge in [-0.15, -0.1) is 0 Å². The number of alkyl halides is 1. The minimum absolute atomic E-state index is 0.0873. The smallest absolute Gasteiger partial charge is 0.345 e. The Kier molecular flexibility index (Phi) is 4.89. The lowest BCUT2D eigenvalue weighted by Gasteiger charge is -2.06. The molecule has 0 aromatic heterocycles. The highest BCUT2D eigenvalue weighted by Gasteiger charge is 2.23. The Morgan fingerprint density at radius 1 is 1.59 bits per heavy atom. The summed E-state index contributed by atoms with van der Waals surface area (Å²) in [6.45, 7) is 1.79. The minimum atomic E-state index is -0.724. The van der Waals surface area contributed by atoms with E-state index in [1.165, 1.54) is 6.07 Å². The molecule has 1 aromatic rings. The van der Waals surface area contributed by atoms with E-state index in [-0.39, 0.29) is 22.9 Å². The Labute approximate surface area is 111 Å². The van der Waals surface area contributed by atoms with E-state index in [1.54, 1.807) is 6.92 Å². The number of halogens is 2. The first-order valence-electron chi connectivity index (χ1n) is 4.71. The lowest BCUT2D eigenvalue weighted by atomic mass is 10.1. The number of ether oxygens (including phenoxy) is 1. The molecule has 0 spiro atoms. The molecule has 0 fully saturated rings. The fourth-order valence-electron chi connectivity index (χ4n) is 1.23. The van der Waals surface area contributed by atoms with Crippen molar-refractivity contribution in [1.29, 1.82) is 0 Å². The normalized spacial score (nSPS) is 10.1. The molecule has 1 rings (SSSR count). The minimum Gasteiger partial charge on any atom is -0.462 e. The summed E-state index contributed by atoms with van der Waals surface area (Å²) in [7, 11) is 0. The van der Waals surface area contributed by atoms with Crippen molar-refractivity contribution in [3.05, 3.63) is 38.4 Å². The number of carbonyl (C=O) groups excluding carboxylic acids is 1. The van der Waals surface area contributed by atoms with Gasteiger partial charge in [-0.25, -0.2) is 4.79 Å². The van der Waals surface area contributed by atoms with Crippen LogP contribution in [0.5, 0.6) is 0 Å². The first-order valence-corrected chi connectivity index (χ1v) is 6.21. The number of nitrogens with zero attached hydrogens (tertiary/aromatic N) is 1. The van der Waals surface area contributed by atoms with Gasteiger partial charge in [0.1, 0.15) is 5.56 Å². The van der Waals surface area contributed by atoms with Crippen LogP contribution in [-0.2, 0) is 10.1 Å². The van der Waals surface area contributed by atoms with E-state index < -0.39 is 10.9 Å². The third-order valence-electron chi connectivity index (χ3n) is 2.00. The Bertz CT molecular complexity index is 464. The summed E-state index contributed by atoms with van der Waals surface area (Å²) in [6.07, 6.45) is 0. The van der Waals surface area contributed by atoms with Crippen LogP contribution >= 0.6 is 27.5 Å². The maximum absolute atomic E-state index is 11.6. The van der Waals surface area contributed by atoms with E-state index in [9.17, 15) is 14.9 Å². The van der Waals surface area contributed by atoms with Gasteiger partial charge in [0.15, 0.2) is 0 Å². The highest BCUT2D eigenvalue weighted by atomic mass is 79.9. The van der Waals surface area contributed by atoms with Gasteiger partial charge in [-0.2, -0.15) is 0 Å². The molecule has 0 aliphatic heterocycles. The molecule has 0 atom stereocenters. The number of esters is 1. The average molecular weight is 323 g/mol. The highest BCUT2D eigenvalue weighted by Crippen LogP contribution is 2.29. The summed E-state index contributed by atoms with van der Waals surface area (Å²) in [4.78, 5) is 21.7. The van der Waals surface area contributed by atoms with E-state index in [1.807, 2.05) is 0 Å². The Morgan fingerprint density at radius 3 is 2.71 bits per heavy atom. The van der Waals surface area contributed by atoms with Gasteiger partial charge in [-0.3, -0.25) is 10.1 Å². The van der Waals surface area contributed by atoms with Crippen LogP contribution in [0.3, 0.4) is 0 Å². The molecule has 0 unspecified atom stereocenters. The summed E-state index contributed by atoms with van der Waals surface area (Å²) < 4.78 is 4.76. The van der Waals surface area contributed by atoms with Crippen molar-refractivity contribution in [2.75, 3.05) is 6.61 Å². The van der Waals surface area contributed by atoms with Gasteiger partial charge in [0.2, 0.25) is 0 Å². The molecule has 0 bridgehead atoms. The van der Waals surface area contributed by atoms with E-state index >= 15 is 0 Å². The van der Waals surface area contributed by atoms with Crippen LogP contribution in [0.4, 0.5) is 5.69 Å². The Hall–Kier alpha value is -1.14. The van der Waals surface area contributed by atoms with E-state index in [0.29, 0.717) is 10.9 Å². The fraction of sp³-hybridized carbons (Fsp3) is 0.300. The van der Waals surface area contributed by atoms with Gasteiger partial charge in [0.05, 0.1) is 16.6 Å². The zero-order chi connectivity index (χ0) is 13.0. The molecule has 7 heteroatoms. The molecular weight excluding hydrogens is 313 g/mol. The van der Waals surface area contributed by atoms with Crippen molar-refractivity contribution in [2.45, 2.75) is 12.3 Å². The van der Waals surface area contributed by atoms with E-state index in [2.05, 4.69) is 15.9 Å². The van der Waals surface area contributed by atoms with Crippen LogP contribution in [0.2, 0.25) is 5.02 Å². The Balaban J connectivity index is 3.33. The lowest BCUT2D eigenvalue weighted by Crippen LogP contribution is -2.08. The number of carbonyl (C=O) groups is 1. The predicted octanol–water partition coefficient (Wildman–Crippen LogP) is 3.32. The summed E-state index contributed by atoms with van der Waals surface area (Å²) >= 11 is 9.03. The van der Waals surface area contributed by atoms with Gasteiger partial charge in [-0.05, 0) is 18.6 Å². The van der Waals surface area contributed by atoms with Crippen molar-refractivity contribution in [2.24, 2.45) is 0 Å². The maximum atomic E-state index is 11.6. The number of hydrogen-bond acceptors (Lipinski definition) is 4. The molecule has 0 heterocycles. The molecule has 0 aliphatic carbocycles. The molecule has 17 heavy (non-hydrogen) atoms. The number of nitro benzene ring substituents is 1. The molecule has 0 saturated carbocycles. The van der Waals surface area contributed by atoms with Crippen molar-refractivity contribution in [3.63, 3.8) is 0 Å². The van der Waals surface area contributed by atoms with Crippen LogP contribution in [0.15, 0.2) is 12.1 Å². The molecular formula is C10H9BrClNO4. The monoisotopic (exact) mass is 321 g/mol. The Morgan fingerprint density at radius 2 is 2.24 bits per heavy atom. The zero-order valence-electron chi connectivity index (χ0n) is 8.91. The lowest BCUT2D eigenvalue weighted by molar-refractivity contribution is -0.385. The highest BCUT2D eigenvalue weighted by molar-refractivity contribution is 9.08. The number of benzene rings is 1. The standard InChI is InChI=1S/C10H9BrClNO4/c1-2-17-10(14)7-3-6(5-11)8(12)4-9(7)13(15)16/h3-4H,2,5H2,1H3. The molecule has 92 valence electrons. The van der Waals surface area contributed by atoms with Gasteiger partial charge < -0.3 is 4.74 Å². The number of nitro groups is 1. The van der Waals surface area contributed by atoms with Crippen molar-refractivity contribution in [3.8, 4) is 0 Å². The van der Waals surface area contributed by atoms with Gasteiger partial charge in [-0.1, -0.05) is 27.5 Å². The first kappa shape index (κ1) is 13.9. The molecule has 0 amide bonds. The first-order chi connectivity index (χ1) is 8.01.